The number of nitrogens with two attached hydrogens (primary N) is 3. The second kappa shape index (κ2) is 7.43. The third-order valence-electron chi connectivity index (χ3n) is 4.38. The van der Waals surface area contributed by atoms with E-state index in [1.165, 1.54) is 13.2 Å². The number of hydrogen-bond donors (Lipinski definition) is 4. The fourth-order valence-electron chi connectivity index (χ4n) is 2.98. The SMILES string of the molecule is Cc1ccc(N)c(C=N)c1-c1cc(-c2ccnc([N+](C)=O)n2)nc(C(N)=O)c1N. The van der Waals surface area contributed by atoms with E-state index in [2.05, 4.69) is 15.0 Å². The maximum Gasteiger partial charge on any atom is 0.469 e. The normalized spacial score (nSPS) is 10.6. The van der Waals surface area contributed by atoms with Crippen molar-refractivity contribution in [2.75, 3.05) is 18.5 Å². The van der Waals surface area contributed by atoms with Gasteiger partial charge in [-0.1, -0.05) is 20.9 Å². The van der Waals surface area contributed by atoms with Crippen molar-refractivity contribution in [2.24, 2.45) is 5.73 Å². The zero-order valence-corrected chi connectivity index (χ0v) is 15.8. The summed E-state index contributed by atoms with van der Waals surface area (Å²) in [7, 11) is 1.27. The molecule has 0 radical (unpaired) electrons. The number of aryl methyl sites for hydroxylation is 1. The third kappa shape index (κ3) is 3.50. The van der Waals surface area contributed by atoms with Gasteiger partial charge in [0.25, 0.3) is 5.91 Å². The predicted molar refractivity (Wildman–Crippen MR) is 110 cm³/mol. The first-order valence-electron chi connectivity index (χ1n) is 8.49. The molecule has 2 aromatic heterocycles. The van der Waals surface area contributed by atoms with Crippen LogP contribution in [0.1, 0.15) is 21.6 Å². The largest absolute Gasteiger partial charge is 0.469 e. The summed E-state index contributed by atoms with van der Waals surface area (Å²) in [6.45, 7) is 1.83. The van der Waals surface area contributed by atoms with E-state index in [1.54, 1.807) is 24.3 Å². The molecule has 29 heavy (non-hydrogen) atoms. The van der Waals surface area contributed by atoms with Gasteiger partial charge in [-0.15, -0.1) is 0 Å². The Balaban J connectivity index is 2.37. The Labute approximate surface area is 165 Å². The average molecular weight is 391 g/mol. The maximum atomic E-state index is 12.0. The molecule has 10 nitrogen and oxygen atoms in total. The minimum atomic E-state index is -0.821. The van der Waals surface area contributed by atoms with E-state index in [0.29, 0.717) is 32.8 Å². The van der Waals surface area contributed by atoms with Crippen molar-refractivity contribution in [2.45, 2.75) is 6.92 Å². The maximum absolute atomic E-state index is 12.0. The number of nitrogens with one attached hydrogen (secondary N) is 1. The van der Waals surface area contributed by atoms with Gasteiger partial charge < -0.3 is 22.6 Å². The number of nitroso groups, excluding NO2 is 1. The van der Waals surface area contributed by atoms with Crippen LogP contribution >= 0.6 is 0 Å². The highest BCUT2D eigenvalue weighted by atomic mass is 16.3. The number of nitrogens with zero attached hydrogens (tertiary/aromatic N) is 4. The van der Waals surface area contributed by atoms with E-state index in [0.717, 1.165) is 11.8 Å². The van der Waals surface area contributed by atoms with Gasteiger partial charge in [0.05, 0.1) is 5.69 Å². The molecule has 0 bridgehead atoms. The predicted octanol–water partition coefficient (Wildman–Crippen LogP) is 1.82. The van der Waals surface area contributed by atoms with Gasteiger partial charge >= 0.3 is 5.95 Å². The average Bonchev–Trinajstić information content (AvgIpc) is 2.69. The van der Waals surface area contributed by atoms with E-state index in [9.17, 15) is 9.70 Å². The number of hydrogen-bond acceptors (Lipinski definition) is 8. The van der Waals surface area contributed by atoms with Crippen molar-refractivity contribution in [3.05, 3.63) is 52.2 Å². The molecule has 146 valence electrons. The summed E-state index contributed by atoms with van der Waals surface area (Å²) in [6, 6.07) is 6.64. The van der Waals surface area contributed by atoms with E-state index in [4.69, 9.17) is 22.6 Å². The Kier molecular flexibility index (Phi) is 5.01. The molecule has 0 atom stereocenters. The lowest BCUT2D eigenvalue weighted by Crippen LogP contribution is -2.17. The first kappa shape index (κ1) is 19.5. The number of primary amides is 1. The van der Waals surface area contributed by atoms with Crippen LogP contribution < -0.4 is 17.2 Å². The summed E-state index contributed by atoms with van der Waals surface area (Å²) in [5.41, 5.74) is 20.9. The Hall–Kier alpha value is -4.21. The highest BCUT2D eigenvalue weighted by Crippen LogP contribution is 2.37. The summed E-state index contributed by atoms with van der Waals surface area (Å²) >= 11 is 0. The molecule has 10 heteroatoms. The van der Waals surface area contributed by atoms with Crippen LogP contribution in [0.4, 0.5) is 17.3 Å². The molecule has 0 aliphatic heterocycles. The van der Waals surface area contributed by atoms with Crippen LogP contribution in [0.3, 0.4) is 0 Å². The Morgan fingerprint density at radius 2 is 1.90 bits per heavy atom. The standard InChI is InChI=1S/C19H18N8O2/c1-9-3-4-12(21)11(8-20)15(9)10-7-14(25-17(16(10)22)18(23)28)13-5-6-24-19(26-13)27(2)29/h3-8H,1-2H3,(H6-,20,21,22,23,24,26,28)/p+1. The minimum absolute atomic E-state index is 0.0632. The fourth-order valence-corrected chi connectivity index (χ4v) is 2.98. The highest BCUT2D eigenvalue weighted by Gasteiger charge is 2.22. The van der Waals surface area contributed by atoms with E-state index < -0.39 is 5.91 Å². The van der Waals surface area contributed by atoms with E-state index >= 15 is 0 Å². The molecule has 7 N–H and O–H groups in total. The molecule has 0 saturated carbocycles. The van der Waals surface area contributed by atoms with Crippen molar-refractivity contribution in [3.8, 4) is 22.5 Å². The minimum Gasteiger partial charge on any atom is -0.398 e. The van der Waals surface area contributed by atoms with Crippen LogP contribution in [0, 0.1) is 17.2 Å². The fraction of sp³-hybridized carbons (Fsp3) is 0.105. The summed E-state index contributed by atoms with van der Waals surface area (Å²) in [5, 5.41) is 7.76. The van der Waals surface area contributed by atoms with Crippen molar-refractivity contribution >= 4 is 29.4 Å². The van der Waals surface area contributed by atoms with Crippen LogP contribution in [0.2, 0.25) is 0 Å². The molecule has 0 fully saturated rings. The molecule has 1 aromatic carbocycles. The quantitative estimate of drug-likeness (QED) is 0.291. The number of benzene rings is 1. The van der Waals surface area contributed by atoms with Crippen LogP contribution in [0.25, 0.3) is 22.5 Å². The number of carbonyl (C=O) groups is 1. The lowest BCUT2D eigenvalue weighted by molar-refractivity contribution is -0.437. The first-order valence-corrected chi connectivity index (χ1v) is 8.49. The molecule has 3 aromatic rings. The van der Waals surface area contributed by atoms with Gasteiger partial charge in [-0.25, -0.2) is 4.98 Å². The molecule has 1 amide bonds. The first-order chi connectivity index (χ1) is 13.7. The van der Waals surface area contributed by atoms with Gasteiger partial charge in [-0.2, -0.15) is 0 Å². The molecular weight excluding hydrogens is 372 g/mol. The smallest absolute Gasteiger partial charge is 0.398 e. The highest BCUT2D eigenvalue weighted by molar-refractivity contribution is 6.04. The van der Waals surface area contributed by atoms with Gasteiger partial charge in [-0.05, 0) is 34.9 Å². The van der Waals surface area contributed by atoms with Crippen molar-refractivity contribution in [3.63, 3.8) is 0 Å². The Bertz CT molecular complexity index is 1170. The second-order valence-corrected chi connectivity index (χ2v) is 6.33. The molecule has 0 unspecified atom stereocenters. The number of aromatic nitrogens is 3. The number of amides is 1. The molecule has 0 saturated heterocycles. The van der Waals surface area contributed by atoms with Crippen LogP contribution in [-0.4, -0.2) is 38.9 Å². The number of rotatable bonds is 5. The summed E-state index contributed by atoms with van der Waals surface area (Å²) in [4.78, 5) is 35.8. The molecule has 0 aliphatic carbocycles. The topological polar surface area (TPSA) is 178 Å². The van der Waals surface area contributed by atoms with Gasteiger partial charge in [0, 0.05) is 29.1 Å². The Morgan fingerprint density at radius 3 is 2.52 bits per heavy atom. The number of anilines is 2. The number of carbonyl (C=O) groups excluding carboxylic acids is 1. The second-order valence-electron chi connectivity index (χ2n) is 6.33. The molecule has 0 spiro atoms. The van der Waals surface area contributed by atoms with Gasteiger partial charge in [0.15, 0.2) is 11.4 Å². The molecule has 0 aliphatic rings. The Morgan fingerprint density at radius 1 is 1.17 bits per heavy atom. The lowest BCUT2D eigenvalue weighted by Gasteiger charge is -2.16. The zero-order chi connectivity index (χ0) is 21.3. The summed E-state index contributed by atoms with van der Waals surface area (Å²) < 4.78 is 0.506. The van der Waals surface area contributed by atoms with Crippen molar-refractivity contribution < 1.29 is 9.55 Å². The zero-order valence-electron chi connectivity index (χ0n) is 15.8. The van der Waals surface area contributed by atoms with Crippen LogP contribution in [-0.2, 0) is 0 Å². The van der Waals surface area contributed by atoms with Crippen LogP contribution in [0.5, 0.6) is 0 Å². The lowest BCUT2D eigenvalue weighted by atomic mass is 9.92. The number of nitrogen functional groups attached to an aromatic ring is 2. The van der Waals surface area contributed by atoms with Gasteiger partial charge in [0.2, 0.25) is 0 Å². The number of pyridine rings is 1. The molecular formula is C19H19N8O2+. The monoisotopic (exact) mass is 391 g/mol. The molecule has 3 rings (SSSR count). The van der Waals surface area contributed by atoms with Gasteiger partial charge in [0.1, 0.15) is 18.9 Å². The van der Waals surface area contributed by atoms with E-state index in [-0.39, 0.29) is 23.0 Å². The van der Waals surface area contributed by atoms with E-state index in [1.807, 2.05) is 6.92 Å². The van der Waals surface area contributed by atoms with Crippen LogP contribution in [0.15, 0.2) is 30.5 Å². The van der Waals surface area contributed by atoms with Crippen molar-refractivity contribution in [1.29, 1.82) is 5.41 Å². The van der Waals surface area contributed by atoms with Gasteiger partial charge in [-0.3, -0.25) is 4.79 Å². The third-order valence-corrected chi connectivity index (χ3v) is 4.38. The summed E-state index contributed by atoms with van der Waals surface area (Å²) in [5.74, 6) is -0.887. The molecule has 2 heterocycles. The van der Waals surface area contributed by atoms with Crippen molar-refractivity contribution in [1.82, 2.24) is 15.0 Å². The summed E-state index contributed by atoms with van der Waals surface area (Å²) in [6.07, 6.45) is 2.53.